The Bertz CT molecular complexity index is 1320. The molecule has 0 aliphatic carbocycles. The molecule has 2 amide bonds. The largest absolute Gasteiger partial charge is 0.457 e. The van der Waals surface area contributed by atoms with Crippen LogP contribution in [0.5, 0.6) is 11.5 Å². The number of nitrogens with zero attached hydrogens (tertiary/aromatic N) is 1. The van der Waals surface area contributed by atoms with Crippen molar-refractivity contribution in [3.05, 3.63) is 83.4 Å². The fourth-order valence-electron chi connectivity index (χ4n) is 4.28. The number of anilines is 2. The third-order valence-corrected chi connectivity index (χ3v) is 6.58. The zero-order chi connectivity index (χ0) is 27.4. The summed E-state index contributed by atoms with van der Waals surface area (Å²) < 4.78 is 11.2. The summed E-state index contributed by atoms with van der Waals surface area (Å²) in [4.78, 5) is 39.1. The number of benzene rings is 3. The molecular formula is C31H34N2O5. The zero-order valence-corrected chi connectivity index (χ0v) is 22.5. The van der Waals surface area contributed by atoms with Crippen molar-refractivity contribution < 1.29 is 23.9 Å². The van der Waals surface area contributed by atoms with E-state index in [-0.39, 0.29) is 24.3 Å². The molecule has 0 unspecified atom stereocenters. The number of aryl methyl sites for hydroxylation is 2. The quantitative estimate of drug-likeness (QED) is 0.395. The molecule has 1 aliphatic heterocycles. The second-order valence-corrected chi connectivity index (χ2v) is 10.7. The molecule has 7 nitrogen and oxygen atoms in total. The lowest BCUT2D eigenvalue weighted by Crippen LogP contribution is -2.28. The van der Waals surface area contributed by atoms with Gasteiger partial charge in [-0.1, -0.05) is 45.0 Å². The van der Waals surface area contributed by atoms with Gasteiger partial charge in [-0.05, 0) is 78.4 Å². The van der Waals surface area contributed by atoms with Gasteiger partial charge in [0.1, 0.15) is 11.5 Å². The lowest BCUT2D eigenvalue weighted by molar-refractivity contribution is -0.151. The molecule has 1 heterocycles. The molecule has 38 heavy (non-hydrogen) atoms. The van der Waals surface area contributed by atoms with Crippen molar-refractivity contribution in [1.82, 2.24) is 0 Å². The summed E-state index contributed by atoms with van der Waals surface area (Å²) in [6.45, 7) is 10.1. The molecule has 1 aliphatic rings. The Labute approximate surface area is 223 Å². The highest BCUT2D eigenvalue weighted by Crippen LogP contribution is 2.30. The average molecular weight is 515 g/mol. The van der Waals surface area contributed by atoms with Crippen molar-refractivity contribution in [3.63, 3.8) is 0 Å². The first-order chi connectivity index (χ1) is 18.0. The Morgan fingerprint density at radius 2 is 1.58 bits per heavy atom. The van der Waals surface area contributed by atoms with Gasteiger partial charge in [-0.2, -0.15) is 0 Å². The lowest BCUT2D eigenvalue weighted by Gasteiger charge is -2.19. The van der Waals surface area contributed by atoms with E-state index in [0.29, 0.717) is 17.1 Å². The Morgan fingerprint density at radius 1 is 0.947 bits per heavy atom. The molecule has 0 aromatic heterocycles. The zero-order valence-electron chi connectivity index (χ0n) is 22.5. The first-order valence-corrected chi connectivity index (χ1v) is 12.7. The van der Waals surface area contributed by atoms with Crippen LogP contribution in [0.25, 0.3) is 0 Å². The van der Waals surface area contributed by atoms with E-state index in [0.717, 1.165) is 16.9 Å². The number of ether oxygens (including phenoxy) is 2. The number of carbonyl (C=O) groups excluding carboxylic acids is 3. The van der Waals surface area contributed by atoms with E-state index >= 15 is 0 Å². The van der Waals surface area contributed by atoms with Gasteiger partial charge in [0.25, 0.3) is 5.91 Å². The molecule has 1 saturated heterocycles. The van der Waals surface area contributed by atoms with Gasteiger partial charge >= 0.3 is 5.97 Å². The second-order valence-electron chi connectivity index (χ2n) is 10.7. The van der Waals surface area contributed by atoms with Crippen LogP contribution in [-0.4, -0.2) is 30.9 Å². The number of hydrogen-bond donors (Lipinski definition) is 1. The summed E-state index contributed by atoms with van der Waals surface area (Å²) >= 11 is 0. The normalized spacial score (nSPS) is 15.3. The van der Waals surface area contributed by atoms with Gasteiger partial charge in [0.2, 0.25) is 5.91 Å². The van der Waals surface area contributed by atoms with Crippen LogP contribution >= 0.6 is 0 Å². The molecule has 0 bridgehead atoms. The van der Waals surface area contributed by atoms with Crippen LogP contribution in [0, 0.1) is 19.8 Å². The van der Waals surface area contributed by atoms with Crippen molar-refractivity contribution in [2.24, 2.45) is 5.92 Å². The SMILES string of the molecule is Cc1ccc(C)c(NC(=O)COC(=O)[C@@H]2CC(=O)N(c3ccc(Oc4ccc(C(C)(C)C)cc4)cc3)C2)c1. The van der Waals surface area contributed by atoms with E-state index in [1.807, 2.05) is 44.2 Å². The van der Waals surface area contributed by atoms with Gasteiger partial charge in [-0.3, -0.25) is 14.4 Å². The van der Waals surface area contributed by atoms with E-state index in [1.54, 1.807) is 29.2 Å². The smallest absolute Gasteiger partial charge is 0.311 e. The number of hydrogen-bond acceptors (Lipinski definition) is 5. The molecule has 3 aromatic rings. The van der Waals surface area contributed by atoms with E-state index in [9.17, 15) is 14.4 Å². The van der Waals surface area contributed by atoms with Crippen LogP contribution in [0.4, 0.5) is 11.4 Å². The molecule has 0 radical (unpaired) electrons. The van der Waals surface area contributed by atoms with Gasteiger partial charge in [0, 0.05) is 24.3 Å². The Hall–Kier alpha value is -4.13. The number of nitrogens with one attached hydrogen (secondary N) is 1. The first-order valence-electron chi connectivity index (χ1n) is 12.7. The summed E-state index contributed by atoms with van der Waals surface area (Å²) in [5.74, 6) is -0.402. The van der Waals surface area contributed by atoms with Gasteiger partial charge in [0.15, 0.2) is 6.61 Å². The molecule has 0 spiro atoms. The minimum absolute atomic E-state index is 0.0375. The third-order valence-electron chi connectivity index (χ3n) is 6.58. The van der Waals surface area contributed by atoms with Crippen molar-refractivity contribution in [2.75, 3.05) is 23.4 Å². The highest BCUT2D eigenvalue weighted by molar-refractivity contribution is 6.00. The highest BCUT2D eigenvalue weighted by atomic mass is 16.5. The molecular weight excluding hydrogens is 480 g/mol. The first kappa shape index (κ1) is 26.9. The standard InChI is InChI=1S/C31H34N2O5/c1-20-6-7-21(2)27(16-20)32-28(34)19-37-30(36)22-17-29(35)33(18-22)24-10-14-26(15-11-24)38-25-12-8-23(9-13-25)31(3,4)5/h6-16,22H,17-19H2,1-5H3,(H,32,34)/t22-/m1/s1. The fraction of sp³-hybridized carbons (Fsp3) is 0.323. The predicted molar refractivity (Wildman–Crippen MR) is 148 cm³/mol. The number of amides is 2. The number of esters is 1. The maximum Gasteiger partial charge on any atom is 0.311 e. The molecule has 3 aromatic carbocycles. The molecule has 1 N–H and O–H groups in total. The molecule has 0 saturated carbocycles. The summed E-state index contributed by atoms with van der Waals surface area (Å²) in [5.41, 5.74) is 4.59. The van der Waals surface area contributed by atoms with Crippen molar-refractivity contribution >= 4 is 29.2 Å². The van der Waals surface area contributed by atoms with Crippen LogP contribution < -0.4 is 15.0 Å². The summed E-state index contributed by atoms with van der Waals surface area (Å²) in [5, 5.41) is 2.77. The minimum Gasteiger partial charge on any atom is -0.457 e. The van der Waals surface area contributed by atoms with Crippen LogP contribution in [-0.2, 0) is 24.5 Å². The average Bonchev–Trinajstić information content (AvgIpc) is 3.26. The van der Waals surface area contributed by atoms with Gasteiger partial charge in [0.05, 0.1) is 5.92 Å². The molecule has 7 heteroatoms. The maximum atomic E-state index is 12.6. The van der Waals surface area contributed by atoms with Crippen LogP contribution in [0.2, 0.25) is 0 Å². The van der Waals surface area contributed by atoms with Gasteiger partial charge < -0.3 is 19.7 Å². The second kappa shape index (κ2) is 11.1. The Morgan fingerprint density at radius 3 is 2.21 bits per heavy atom. The van der Waals surface area contributed by atoms with Crippen LogP contribution in [0.15, 0.2) is 66.7 Å². The van der Waals surface area contributed by atoms with Crippen molar-refractivity contribution in [3.8, 4) is 11.5 Å². The van der Waals surface area contributed by atoms with E-state index in [4.69, 9.17) is 9.47 Å². The van der Waals surface area contributed by atoms with Gasteiger partial charge in [-0.15, -0.1) is 0 Å². The maximum absolute atomic E-state index is 12.6. The van der Waals surface area contributed by atoms with E-state index in [1.165, 1.54) is 5.56 Å². The minimum atomic E-state index is -0.631. The summed E-state index contributed by atoms with van der Waals surface area (Å²) in [6.07, 6.45) is 0.0375. The van der Waals surface area contributed by atoms with Crippen LogP contribution in [0.1, 0.15) is 43.9 Å². The monoisotopic (exact) mass is 514 g/mol. The lowest BCUT2D eigenvalue weighted by atomic mass is 9.87. The number of carbonyl (C=O) groups is 3. The molecule has 4 rings (SSSR count). The van der Waals surface area contributed by atoms with Gasteiger partial charge in [-0.25, -0.2) is 0 Å². The Balaban J connectivity index is 1.30. The van der Waals surface area contributed by atoms with E-state index in [2.05, 4.69) is 38.2 Å². The molecule has 198 valence electrons. The van der Waals surface area contributed by atoms with Crippen LogP contribution in [0.3, 0.4) is 0 Å². The van der Waals surface area contributed by atoms with E-state index < -0.39 is 24.4 Å². The Kier molecular flexibility index (Phi) is 7.86. The third kappa shape index (κ3) is 6.59. The predicted octanol–water partition coefficient (Wildman–Crippen LogP) is 5.93. The van der Waals surface area contributed by atoms with Crippen molar-refractivity contribution in [1.29, 1.82) is 0 Å². The van der Waals surface area contributed by atoms with Crippen molar-refractivity contribution in [2.45, 2.75) is 46.5 Å². The summed E-state index contributed by atoms with van der Waals surface area (Å²) in [7, 11) is 0. The topological polar surface area (TPSA) is 84.9 Å². The number of rotatable bonds is 7. The summed E-state index contributed by atoms with van der Waals surface area (Å²) in [6, 6.07) is 20.9. The molecule has 1 atom stereocenters. The highest BCUT2D eigenvalue weighted by Gasteiger charge is 2.36. The fourth-order valence-corrected chi connectivity index (χ4v) is 4.28. The molecule has 1 fully saturated rings.